The molecule has 6 amide bonds. The van der Waals surface area contributed by atoms with E-state index in [9.17, 15) is 29.4 Å². The number of carbonyl (C=O) groups excluding carboxylic acids is 4. The zero-order valence-electron chi connectivity index (χ0n) is 58.4. The lowest BCUT2D eigenvalue weighted by Gasteiger charge is -2.29. The predicted octanol–water partition coefficient (Wildman–Crippen LogP) is 15.5. The minimum absolute atomic E-state index is 0.109. The van der Waals surface area contributed by atoms with Crippen LogP contribution in [0.15, 0.2) is 176 Å². The third-order valence-electron chi connectivity index (χ3n) is 18.6. The van der Waals surface area contributed by atoms with Crippen molar-refractivity contribution < 1.29 is 48.3 Å². The number of likely N-dealkylation sites (tertiary alicyclic amines) is 2. The summed E-state index contributed by atoms with van der Waals surface area (Å²) in [6.45, 7) is 13.6. The van der Waals surface area contributed by atoms with Crippen LogP contribution in [0.3, 0.4) is 0 Å². The van der Waals surface area contributed by atoms with Gasteiger partial charge in [-0.1, -0.05) is 81.5 Å². The molecule has 7 N–H and O–H groups in total. The van der Waals surface area contributed by atoms with Gasteiger partial charge < -0.3 is 64.9 Å². The highest BCUT2D eigenvalue weighted by Crippen LogP contribution is 2.38. The topological polar surface area (TPSA) is 238 Å². The van der Waals surface area contributed by atoms with Crippen molar-refractivity contribution in [1.29, 1.82) is 0 Å². The summed E-state index contributed by atoms with van der Waals surface area (Å²) in [4.78, 5) is 62.5. The number of benzene rings is 7. The molecule has 101 heavy (non-hydrogen) atoms. The first kappa shape index (κ1) is 72.2. The third-order valence-corrected chi connectivity index (χ3v) is 19.5. The molecule has 2 aliphatic heterocycles. The maximum Gasteiger partial charge on any atom is 0.319 e. The Kier molecular flexibility index (Phi) is 24.5. The maximum atomic E-state index is 13.6. The van der Waals surface area contributed by atoms with Crippen molar-refractivity contribution in [3.63, 3.8) is 0 Å². The van der Waals surface area contributed by atoms with Crippen LogP contribution in [0.1, 0.15) is 116 Å². The summed E-state index contributed by atoms with van der Waals surface area (Å²) in [6.07, 6.45) is 12.2. The molecule has 22 heteroatoms. The molecule has 21 nitrogen and oxygen atoms in total. The summed E-state index contributed by atoms with van der Waals surface area (Å²) in [5.74, 6) is 1.58. The largest absolute Gasteiger partial charge is 0.493 e. The lowest BCUT2D eigenvalue weighted by molar-refractivity contribution is 0.0792. The molecule has 2 aliphatic rings. The van der Waals surface area contributed by atoms with Crippen molar-refractivity contribution in [2.24, 2.45) is 0 Å². The lowest BCUT2D eigenvalue weighted by atomic mass is 10.1. The molecule has 0 spiro atoms. The normalized spacial score (nSPS) is 13.8. The number of aliphatic hydroxyl groups is 2. The smallest absolute Gasteiger partial charge is 0.319 e. The van der Waals surface area contributed by atoms with Crippen LogP contribution in [-0.2, 0) is 24.4 Å². The minimum atomic E-state index is -0.272. The van der Waals surface area contributed by atoms with Gasteiger partial charge in [0.15, 0.2) is 16.6 Å². The van der Waals surface area contributed by atoms with Crippen LogP contribution in [-0.4, -0.2) is 130 Å². The van der Waals surface area contributed by atoms with Crippen molar-refractivity contribution in [3.8, 4) is 39.4 Å². The Morgan fingerprint density at radius 3 is 1.58 bits per heavy atom. The van der Waals surface area contributed by atoms with E-state index in [0.29, 0.717) is 61.4 Å². The molecule has 0 bridgehead atoms. The molecule has 528 valence electrons. The number of hydrogen-bond donors (Lipinski definition) is 7. The maximum absolute atomic E-state index is 13.6. The van der Waals surface area contributed by atoms with Gasteiger partial charge in [-0.05, 0) is 166 Å². The lowest BCUT2D eigenvalue weighted by Crippen LogP contribution is -2.37. The van der Waals surface area contributed by atoms with E-state index in [1.807, 2.05) is 94.4 Å². The second-order valence-electron chi connectivity index (χ2n) is 25.5. The monoisotopic (exact) mass is 1390 g/mol. The van der Waals surface area contributed by atoms with Gasteiger partial charge in [0.05, 0.1) is 43.2 Å². The minimum Gasteiger partial charge on any atom is -0.493 e. The van der Waals surface area contributed by atoms with Gasteiger partial charge in [0, 0.05) is 146 Å². The number of thiazole rings is 1. The highest BCUT2D eigenvalue weighted by Gasteiger charge is 2.24. The van der Waals surface area contributed by atoms with E-state index in [1.165, 1.54) is 45.2 Å². The van der Waals surface area contributed by atoms with E-state index in [2.05, 4.69) is 99.3 Å². The van der Waals surface area contributed by atoms with Crippen LogP contribution >= 0.6 is 11.3 Å². The average molecular weight is 1390 g/mol. The zero-order chi connectivity index (χ0) is 70.9. The number of aromatic nitrogens is 3. The Morgan fingerprint density at radius 2 is 1.06 bits per heavy atom. The summed E-state index contributed by atoms with van der Waals surface area (Å²) in [5, 5.41) is 37.9. The fourth-order valence-electron chi connectivity index (χ4n) is 12.7. The van der Waals surface area contributed by atoms with Gasteiger partial charge in [-0.2, -0.15) is 0 Å². The van der Waals surface area contributed by atoms with Gasteiger partial charge >= 0.3 is 12.1 Å². The van der Waals surface area contributed by atoms with Crippen molar-refractivity contribution in [1.82, 2.24) is 34.6 Å². The fourth-order valence-corrected chi connectivity index (χ4v) is 13.5. The average Bonchev–Trinajstić information content (AvgIpc) is 1.66. The highest BCUT2D eigenvalue weighted by molar-refractivity contribution is 7.17. The first-order valence-corrected chi connectivity index (χ1v) is 35.6. The summed E-state index contributed by atoms with van der Waals surface area (Å²) in [6, 6.07) is 49.4. The highest BCUT2D eigenvalue weighted by atomic mass is 32.1. The zero-order valence-corrected chi connectivity index (χ0v) is 59.2. The van der Waals surface area contributed by atoms with E-state index < -0.39 is 0 Å². The molecular weight excluding hydrogens is 1300 g/mol. The van der Waals surface area contributed by atoms with Crippen LogP contribution in [0.5, 0.6) is 28.1 Å². The number of fused-ring (bicyclic) bond motifs is 2. The Morgan fingerprint density at radius 1 is 0.554 bits per heavy atom. The van der Waals surface area contributed by atoms with Crippen LogP contribution < -0.4 is 45.7 Å². The molecule has 0 radical (unpaired) electrons. The molecule has 0 unspecified atom stereocenters. The number of anilines is 4. The van der Waals surface area contributed by atoms with Gasteiger partial charge in [-0.15, -0.1) is 0 Å². The van der Waals surface area contributed by atoms with Gasteiger partial charge in [0.1, 0.15) is 11.5 Å². The molecule has 12 rings (SSSR count). The summed E-state index contributed by atoms with van der Waals surface area (Å²) in [7, 11) is 4.84. The Labute approximate surface area is 594 Å². The summed E-state index contributed by atoms with van der Waals surface area (Å²) < 4.78 is 27.6. The fraction of sp³-hybridized carbons (Fsp3) is 0.329. The van der Waals surface area contributed by atoms with Crippen molar-refractivity contribution in [2.45, 2.75) is 123 Å². The number of hydrogen-bond acceptors (Lipinski definition) is 14. The molecule has 0 atom stereocenters. The van der Waals surface area contributed by atoms with E-state index >= 15 is 0 Å². The molecule has 5 heterocycles. The molecule has 2 saturated heterocycles. The molecule has 10 aromatic rings. The summed E-state index contributed by atoms with van der Waals surface area (Å²) >= 11 is 1.26. The van der Waals surface area contributed by atoms with Gasteiger partial charge in [-0.3, -0.25) is 24.3 Å². The number of rotatable bonds is 25. The number of carbonyl (C=O) groups is 4. The van der Waals surface area contributed by atoms with Crippen LogP contribution in [0, 0.1) is 0 Å². The van der Waals surface area contributed by atoms with E-state index in [0.717, 1.165) is 119 Å². The molecule has 0 saturated carbocycles. The number of nitrogens with zero attached hydrogens (tertiary/aromatic N) is 6. The Bertz CT molecular complexity index is 4430. The van der Waals surface area contributed by atoms with E-state index in [1.54, 1.807) is 75.0 Å². The first-order valence-electron chi connectivity index (χ1n) is 34.7. The number of methoxy groups -OCH3 is 2. The number of aliphatic hydroxyl groups excluding tert-OH is 2. The molecule has 7 aromatic carbocycles. The standard InChI is InChI=1S/C40H45N5O5.C39H46N6O5S/c1-4-29(5-2)42-40(48)43-31-15-18-37(38(24-31)49-3)50-34-10-8-9-30(23-34)41-39(47)27-13-16-32(17-14-27)45-26-28(35-11-6-7-12-36(35)45)25-44-21-19-33(46)20-22-44;1-5-29(6-2)41-38(48)42-30-13-16-35(27(21-30)25-49-4)50-36-22-40-39(51-36)43(3)37(47)26-11-14-31(15-12-26)45-24-28(33-9-7-8-10-34(33)45)23-44-19-17-32(46)18-20-44/h6-18,23-24,26,29,33,46H,4-5,19-22,25H2,1-3H3,(H,41,47)(H2,42,43,48);7-16,21-22,24,29,32,46H,5-6,17-20,23,25H2,1-4H3,(H2,41,42,48). The van der Waals surface area contributed by atoms with Gasteiger partial charge in [0.2, 0.25) is 5.06 Å². The second kappa shape index (κ2) is 34.3. The van der Waals surface area contributed by atoms with Crippen LogP contribution in [0.25, 0.3) is 33.2 Å². The van der Waals surface area contributed by atoms with E-state index in [4.69, 9.17) is 18.9 Å². The Balaban J connectivity index is 0.000000203. The number of ether oxygens (including phenoxy) is 4. The number of amides is 6. The quantitative estimate of drug-likeness (QED) is 0.0282. The van der Waals surface area contributed by atoms with Crippen LogP contribution in [0.4, 0.5) is 31.8 Å². The van der Waals surface area contributed by atoms with Crippen molar-refractivity contribution in [3.05, 3.63) is 204 Å². The second-order valence-corrected chi connectivity index (χ2v) is 26.5. The predicted molar refractivity (Wildman–Crippen MR) is 400 cm³/mol. The van der Waals surface area contributed by atoms with Gasteiger partial charge in [0.25, 0.3) is 11.8 Å². The van der Waals surface area contributed by atoms with E-state index in [-0.39, 0.29) is 54.8 Å². The molecule has 0 aliphatic carbocycles. The van der Waals surface area contributed by atoms with Gasteiger partial charge in [-0.25, -0.2) is 14.6 Å². The Hall–Kier alpha value is -10.1. The molecule has 3 aromatic heterocycles. The number of piperidine rings is 2. The number of urea groups is 2. The van der Waals surface area contributed by atoms with Crippen LogP contribution in [0.2, 0.25) is 0 Å². The number of nitrogens with one attached hydrogen (secondary N) is 5. The SMILES string of the molecule is CCC(CC)NC(=O)Nc1ccc(Oc2cccc(NC(=O)c3ccc(-n4cc(CN5CCC(O)CC5)c5ccccc54)cc3)c2)c(OC)c1.CCC(CC)NC(=O)Nc1ccc(Oc2cnc(N(C)C(=O)c3ccc(-n4cc(CN5CCC(O)CC5)c5ccccc54)cc3)s2)c(COC)c1. The van der Waals surface area contributed by atoms with Crippen molar-refractivity contribution >= 4 is 79.2 Å². The van der Waals surface area contributed by atoms with Crippen molar-refractivity contribution in [2.75, 3.05) is 68.3 Å². The number of para-hydroxylation sites is 2. The first-order chi connectivity index (χ1) is 49.1. The summed E-state index contributed by atoms with van der Waals surface area (Å²) in [5.41, 5.74) is 10.3. The molecule has 2 fully saturated rings. The molecular formula is C79H91N11O10S. The third kappa shape index (κ3) is 18.5.